The predicted molar refractivity (Wildman–Crippen MR) is 69.7 cm³/mol. The zero-order chi connectivity index (χ0) is 12.3. The van der Waals surface area contributed by atoms with Crippen LogP contribution in [0.3, 0.4) is 0 Å². The summed E-state index contributed by atoms with van der Waals surface area (Å²) in [5.41, 5.74) is 1.26. The van der Waals surface area contributed by atoms with E-state index in [1.165, 1.54) is 0 Å². The van der Waals surface area contributed by atoms with E-state index in [9.17, 15) is 9.90 Å². The quantitative estimate of drug-likeness (QED) is 0.623. The normalized spacial score (nSPS) is 10.1. The van der Waals surface area contributed by atoms with Crippen LogP contribution in [0.25, 0.3) is 10.8 Å². The fourth-order valence-electron chi connectivity index (χ4n) is 1.70. The summed E-state index contributed by atoms with van der Waals surface area (Å²) in [5, 5.41) is 14.6. The Morgan fingerprint density at radius 3 is 2.76 bits per heavy atom. The van der Waals surface area contributed by atoms with Crippen LogP contribution in [-0.2, 0) is 0 Å². The first-order valence-corrected chi connectivity index (χ1v) is 5.31. The summed E-state index contributed by atoms with van der Waals surface area (Å²) in [5.74, 6) is 0.00775. The van der Waals surface area contributed by atoms with E-state index in [1.54, 1.807) is 18.2 Å². The van der Waals surface area contributed by atoms with Crippen LogP contribution in [-0.4, -0.2) is 17.9 Å². The summed E-state index contributed by atoms with van der Waals surface area (Å²) in [6.45, 7) is 4.32. The van der Waals surface area contributed by atoms with Crippen molar-refractivity contribution < 1.29 is 9.90 Å². The van der Waals surface area contributed by atoms with Crippen molar-refractivity contribution in [1.29, 1.82) is 0 Å². The summed E-state index contributed by atoms with van der Waals surface area (Å²) in [6, 6.07) is 9.03. The molecular weight excluding hydrogens is 214 g/mol. The van der Waals surface area contributed by atoms with Gasteiger partial charge in [0.1, 0.15) is 5.75 Å². The zero-order valence-corrected chi connectivity index (χ0v) is 9.31. The van der Waals surface area contributed by atoms with Gasteiger partial charge in [-0.05, 0) is 35.0 Å². The van der Waals surface area contributed by atoms with Gasteiger partial charge in [-0.15, -0.1) is 6.58 Å². The average molecular weight is 227 g/mol. The second-order valence-corrected chi connectivity index (χ2v) is 3.76. The Morgan fingerprint density at radius 1 is 1.24 bits per heavy atom. The van der Waals surface area contributed by atoms with Crippen molar-refractivity contribution in [3.63, 3.8) is 0 Å². The van der Waals surface area contributed by atoms with Crippen LogP contribution >= 0.6 is 0 Å². The van der Waals surface area contributed by atoms with Crippen LogP contribution in [0.5, 0.6) is 5.75 Å². The average Bonchev–Trinajstić information content (AvgIpc) is 2.35. The molecule has 0 saturated carbocycles. The van der Waals surface area contributed by atoms with Gasteiger partial charge in [0, 0.05) is 12.2 Å². The molecule has 0 heterocycles. The van der Waals surface area contributed by atoms with Gasteiger partial charge < -0.3 is 10.4 Å². The molecule has 3 nitrogen and oxygen atoms in total. The number of aromatic hydroxyl groups is 1. The number of hydrogen-bond acceptors (Lipinski definition) is 3. The van der Waals surface area contributed by atoms with Crippen LogP contribution in [0, 0.1) is 0 Å². The third-order valence-corrected chi connectivity index (χ3v) is 2.56. The second kappa shape index (κ2) is 4.70. The number of aldehydes is 1. The Balaban J connectivity index is 2.47. The lowest BCUT2D eigenvalue weighted by Crippen LogP contribution is -1.97. The van der Waals surface area contributed by atoms with Gasteiger partial charge in [-0.3, -0.25) is 4.79 Å². The van der Waals surface area contributed by atoms with E-state index < -0.39 is 0 Å². The minimum absolute atomic E-state index is 0.00775. The molecule has 0 atom stereocenters. The molecule has 0 aliphatic rings. The summed E-state index contributed by atoms with van der Waals surface area (Å²) in [6.07, 6.45) is 2.43. The molecule has 0 aromatic heterocycles. The van der Waals surface area contributed by atoms with Crippen molar-refractivity contribution in [2.45, 2.75) is 0 Å². The van der Waals surface area contributed by atoms with Gasteiger partial charge in [0.2, 0.25) is 0 Å². The molecule has 3 heteroatoms. The van der Waals surface area contributed by atoms with Crippen LogP contribution in [0.1, 0.15) is 10.4 Å². The van der Waals surface area contributed by atoms with Crippen LogP contribution in [0.15, 0.2) is 43.0 Å². The topological polar surface area (TPSA) is 49.3 Å². The molecule has 0 unspecified atom stereocenters. The Hall–Kier alpha value is -2.29. The largest absolute Gasteiger partial charge is 0.507 e. The minimum Gasteiger partial charge on any atom is -0.507 e. The molecule has 0 radical (unpaired) electrons. The first-order chi connectivity index (χ1) is 8.24. The summed E-state index contributed by atoms with van der Waals surface area (Å²) < 4.78 is 0. The molecule has 2 aromatic carbocycles. The Kier molecular flexibility index (Phi) is 3.10. The Morgan fingerprint density at radius 2 is 2.06 bits per heavy atom. The van der Waals surface area contributed by atoms with E-state index in [4.69, 9.17) is 0 Å². The Bertz CT molecular complexity index is 576. The van der Waals surface area contributed by atoms with Crippen molar-refractivity contribution in [2.75, 3.05) is 11.9 Å². The number of fused-ring (bicyclic) bond motifs is 1. The number of rotatable bonds is 4. The van der Waals surface area contributed by atoms with Crippen molar-refractivity contribution in [2.24, 2.45) is 0 Å². The number of carbonyl (C=O) groups excluding carboxylic acids is 1. The van der Waals surface area contributed by atoms with Crippen molar-refractivity contribution >= 4 is 22.7 Å². The zero-order valence-electron chi connectivity index (χ0n) is 9.31. The van der Waals surface area contributed by atoms with E-state index >= 15 is 0 Å². The molecule has 2 rings (SSSR count). The fourth-order valence-corrected chi connectivity index (χ4v) is 1.70. The molecule has 0 spiro atoms. The minimum atomic E-state index is 0.00775. The maximum absolute atomic E-state index is 10.7. The SMILES string of the molecule is C=CCNc1ccc2cc(C=O)c(O)cc2c1. The summed E-state index contributed by atoms with van der Waals surface area (Å²) >= 11 is 0. The lowest BCUT2D eigenvalue weighted by atomic mass is 10.1. The molecular formula is C14H13NO2. The predicted octanol–water partition coefficient (Wildman–Crippen LogP) is 2.96. The van der Waals surface area contributed by atoms with E-state index in [0.717, 1.165) is 16.5 Å². The van der Waals surface area contributed by atoms with Gasteiger partial charge in [0.05, 0.1) is 5.56 Å². The molecule has 0 aliphatic heterocycles. The first kappa shape index (κ1) is 11.2. The number of benzene rings is 2. The van der Waals surface area contributed by atoms with Crippen LogP contribution in [0.4, 0.5) is 5.69 Å². The van der Waals surface area contributed by atoms with E-state index in [1.807, 2.05) is 18.2 Å². The highest BCUT2D eigenvalue weighted by Crippen LogP contribution is 2.26. The van der Waals surface area contributed by atoms with Crippen LogP contribution < -0.4 is 5.32 Å². The lowest BCUT2D eigenvalue weighted by Gasteiger charge is -2.06. The van der Waals surface area contributed by atoms with E-state index in [2.05, 4.69) is 11.9 Å². The maximum atomic E-state index is 10.7. The highest BCUT2D eigenvalue weighted by molar-refractivity contribution is 5.93. The first-order valence-electron chi connectivity index (χ1n) is 5.31. The van der Waals surface area contributed by atoms with Crippen molar-refractivity contribution in [1.82, 2.24) is 0 Å². The number of carbonyl (C=O) groups is 1. The molecule has 0 bridgehead atoms. The van der Waals surface area contributed by atoms with Crippen molar-refractivity contribution in [3.8, 4) is 5.75 Å². The summed E-state index contributed by atoms with van der Waals surface area (Å²) in [7, 11) is 0. The molecule has 17 heavy (non-hydrogen) atoms. The van der Waals surface area contributed by atoms with Gasteiger partial charge in [0.15, 0.2) is 6.29 Å². The standard InChI is InChI=1S/C14H13NO2/c1-2-5-15-13-4-3-10-6-12(9-16)14(17)8-11(10)7-13/h2-4,6-9,15,17H,1,5H2. The molecule has 2 N–H and O–H groups in total. The number of phenols is 1. The third-order valence-electron chi connectivity index (χ3n) is 2.56. The highest BCUT2D eigenvalue weighted by Gasteiger charge is 2.03. The lowest BCUT2D eigenvalue weighted by molar-refractivity contribution is 0.112. The maximum Gasteiger partial charge on any atom is 0.153 e. The molecule has 0 fully saturated rings. The van der Waals surface area contributed by atoms with Gasteiger partial charge >= 0.3 is 0 Å². The second-order valence-electron chi connectivity index (χ2n) is 3.76. The smallest absolute Gasteiger partial charge is 0.153 e. The number of phenolic OH excluding ortho intramolecular Hbond substituents is 1. The van der Waals surface area contributed by atoms with Crippen LogP contribution in [0.2, 0.25) is 0 Å². The third kappa shape index (κ3) is 2.28. The van der Waals surface area contributed by atoms with Gasteiger partial charge in [0.25, 0.3) is 0 Å². The number of anilines is 1. The summed E-state index contributed by atoms with van der Waals surface area (Å²) in [4.78, 5) is 10.7. The molecule has 86 valence electrons. The molecule has 0 saturated heterocycles. The molecule has 0 aliphatic carbocycles. The van der Waals surface area contributed by atoms with Gasteiger partial charge in [-0.1, -0.05) is 12.1 Å². The Labute approximate surface area is 99.4 Å². The highest BCUT2D eigenvalue weighted by atomic mass is 16.3. The monoisotopic (exact) mass is 227 g/mol. The molecule has 2 aromatic rings. The van der Waals surface area contributed by atoms with Crippen molar-refractivity contribution in [3.05, 3.63) is 48.6 Å². The number of nitrogens with one attached hydrogen (secondary N) is 1. The van der Waals surface area contributed by atoms with Gasteiger partial charge in [-0.25, -0.2) is 0 Å². The molecule has 0 amide bonds. The van der Waals surface area contributed by atoms with Gasteiger partial charge in [-0.2, -0.15) is 0 Å². The number of hydrogen-bond donors (Lipinski definition) is 2. The van der Waals surface area contributed by atoms with E-state index in [0.29, 0.717) is 18.4 Å². The fraction of sp³-hybridized carbons (Fsp3) is 0.0714. The van der Waals surface area contributed by atoms with E-state index in [-0.39, 0.29) is 5.75 Å².